The van der Waals surface area contributed by atoms with Crippen LogP contribution in [-0.4, -0.2) is 31.6 Å². The molecule has 0 aliphatic carbocycles. The standard InChI is InChI=1S/C14H24N2/c1-12-5-7-14(8-6-12)11-15-13(2)9-10-16(3)4/h5-8,13,15H,9-11H2,1-4H3. The van der Waals surface area contributed by atoms with E-state index in [1.54, 1.807) is 0 Å². The minimum atomic E-state index is 0.573. The molecule has 1 rings (SSSR count). The minimum Gasteiger partial charge on any atom is -0.310 e. The maximum atomic E-state index is 3.55. The monoisotopic (exact) mass is 220 g/mol. The summed E-state index contributed by atoms with van der Waals surface area (Å²) in [5.74, 6) is 0. The first kappa shape index (κ1) is 13.2. The van der Waals surface area contributed by atoms with Crippen LogP contribution in [0.2, 0.25) is 0 Å². The summed E-state index contributed by atoms with van der Waals surface area (Å²) in [6.07, 6.45) is 1.19. The van der Waals surface area contributed by atoms with Crippen molar-refractivity contribution in [1.29, 1.82) is 0 Å². The van der Waals surface area contributed by atoms with Crippen molar-refractivity contribution in [3.63, 3.8) is 0 Å². The molecule has 0 aromatic heterocycles. The Bertz CT molecular complexity index is 290. The predicted molar refractivity (Wildman–Crippen MR) is 70.7 cm³/mol. The van der Waals surface area contributed by atoms with E-state index in [0.29, 0.717) is 6.04 Å². The molecule has 1 atom stereocenters. The van der Waals surface area contributed by atoms with E-state index in [1.807, 2.05) is 0 Å². The lowest BCUT2D eigenvalue weighted by Gasteiger charge is -2.16. The van der Waals surface area contributed by atoms with Gasteiger partial charge in [0.25, 0.3) is 0 Å². The molecule has 0 saturated heterocycles. The van der Waals surface area contributed by atoms with Gasteiger partial charge in [-0.25, -0.2) is 0 Å². The van der Waals surface area contributed by atoms with Crippen molar-refractivity contribution in [1.82, 2.24) is 10.2 Å². The summed E-state index contributed by atoms with van der Waals surface area (Å²) in [4.78, 5) is 2.23. The van der Waals surface area contributed by atoms with Crippen LogP contribution >= 0.6 is 0 Å². The van der Waals surface area contributed by atoms with Crippen LogP contribution in [0, 0.1) is 6.92 Å². The molecule has 2 heteroatoms. The number of aryl methyl sites for hydroxylation is 1. The lowest BCUT2D eigenvalue weighted by molar-refractivity contribution is 0.365. The molecule has 0 amide bonds. The molecule has 0 saturated carbocycles. The van der Waals surface area contributed by atoms with Gasteiger partial charge in [0, 0.05) is 12.6 Å². The molecule has 0 heterocycles. The van der Waals surface area contributed by atoms with Crippen molar-refractivity contribution < 1.29 is 0 Å². The number of benzene rings is 1. The number of hydrogen-bond donors (Lipinski definition) is 1. The van der Waals surface area contributed by atoms with Crippen LogP contribution in [0.1, 0.15) is 24.5 Å². The molecule has 1 aromatic carbocycles. The molecule has 0 fully saturated rings. The van der Waals surface area contributed by atoms with Crippen LogP contribution in [0.25, 0.3) is 0 Å². The minimum absolute atomic E-state index is 0.573. The summed E-state index contributed by atoms with van der Waals surface area (Å²) >= 11 is 0. The third-order valence-electron chi connectivity index (χ3n) is 2.78. The van der Waals surface area contributed by atoms with Gasteiger partial charge in [0.2, 0.25) is 0 Å². The lowest BCUT2D eigenvalue weighted by atomic mass is 10.1. The molecule has 1 unspecified atom stereocenters. The van der Waals surface area contributed by atoms with Crippen LogP contribution in [0.4, 0.5) is 0 Å². The van der Waals surface area contributed by atoms with E-state index in [0.717, 1.165) is 13.1 Å². The Morgan fingerprint density at radius 1 is 1.19 bits per heavy atom. The van der Waals surface area contributed by atoms with Crippen molar-refractivity contribution in [3.8, 4) is 0 Å². The van der Waals surface area contributed by atoms with E-state index in [4.69, 9.17) is 0 Å². The molecule has 0 spiro atoms. The molecule has 2 nitrogen and oxygen atoms in total. The van der Waals surface area contributed by atoms with E-state index in [-0.39, 0.29) is 0 Å². The molecule has 0 aliphatic rings. The van der Waals surface area contributed by atoms with E-state index in [1.165, 1.54) is 17.5 Å². The Morgan fingerprint density at radius 3 is 2.38 bits per heavy atom. The lowest BCUT2D eigenvalue weighted by Crippen LogP contribution is -2.29. The van der Waals surface area contributed by atoms with Crippen LogP contribution in [0.5, 0.6) is 0 Å². The Kier molecular flexibility index (Phi) is 5.50. The number of hydrogen-bond acceptors (Lipinski definition) is 2. The van der Waals surface area contributed by atoms with E-state index in [2.05, 4.69) is 62.4 Å². The number of rotatable bonds is 6. The van der Waals surface area contributed by atoms with Gasteiger partial charge in [0.15, 0.2) is 0 Å². The average Bonchev–Trinajstić information content (AvgIpc) is 2.25. The first-order valence-corrected chi connectivity index (χ1v) is 6.01. The smallest absolute Gasteiger partial charge is 0.0207 e. The molecule has 16 heavy (non-hydrogen) atoms. The fourth-order valence-corrected chi connectivity index (χ4v) is 1.55. The molecule has 1 N–H and O–H groups in total. The zero-order valence-corrected chi connectivity index (χ0v) is 11.0. The summed E-state index contributed by atoms with van der Waals surface area (Å²) < 4.78 is 0. The van der Waals surface area contributed by atoms with Gasteiger partial charge in [-0.15, -0.1) is 0 Å². The van der Waals surface area contributed by atoms with Crippen molar-refractivity contribution in [2.75, 3.05) is 20.6 Å². The topological polar surface area (TPSA) is 15.3 Å². The van der Waals surface area contributed by atoms with Gasteiger partial charge >= 0.3 is 0 Å². The highest BCUT2D eigenvalue weighted by molar-refractivity contribution is 5.21. The van der Waals surface area contributed by atoms with Crippen molar-refractivity contribution in [3.05, 3.63) is 35.4 Å². The Labute approximate surface area is 99.7 Å². The van der Waals surface area contributed by atoms with Crippen LogP contribution in [-0.2, 0) is 6.54 Å². The summed E-state index contributed by atoms with van der Waals surface area (Å²) in [6.45, 7) is 6.48. The third-order valence-corrected chi connectivity index (χ3v) is 2.78. The molecular formula is C14H24N2. The van der Waals surface area contributed by atoms with Gasteiger partial charge < -0.3 is 10.2 Å². The Balaban J connectivity index is 2.26. The van der Waals surface area contributed by atoms with Gasteiger partial charge in [0.1, 0.15) is 0 Å². The fourth-order valence-electron chi connectivity index (χ4n) is 1.55. The van der Waals surface area contributed by atoms with E-state index >= 15 is 0 Å². The van der Waals surface area contributed by atoms with Crippen molar-refractivity contribution in [2.24, 2.45) is 0 Å². The Morgan fingerprint density at radius 2 is 1.81 bits per heavy atom. The van der Waals surface area contributed by atoms with Crippen molar-refractivity contribution in [2.45, 2.75) is 32.9 Å². The molecule has 0 radical (unpaired) electrons. The molecule has 0 bridgehead atoms. The maximum absolute atomic E-state index is 3.55. The SMILES string of the molecule is Cc1ccc(CNC(C)CCN(C)C)cc1. The van der Waals surface area contributed by atoms with Gasteiger partial charge in [-0.2, -0.15) is 0 Å². The summed E-state index contributed by atoms with van der Waals surface area (Å²) in [5.41, 5.74) is 2.69. The zero-order valence-electron chi connectivity index (χ0n) is 11.0. The highest BCUT2D eigenvalue weighted by Crippen LogP contribution is 2.03. The number of nitrogens with one attached hydrogen (secondary N) is 1. The quantitative estimate of drug-likeness (QED) is 0.792. The highest BCUT2D eigenvalue weighted by atomic mass is 15.1. The van der Waals surface area contributed by atoms with E-state index < -0.39 is 0 Å². The van der Waals surface area contributed by atoms with Gasteiger partial charge in [-0.1, -0.05) is 29.8 Å². The zero-order chi connectivity index (χ0) is 12.0. The van der Waals surface area contributed by atoms with Crippen molar-refractivity contribution >= 4 is 0 Å². The number of nitrogens with zero attached hydrogens (tertiary/aromatic N) is 1. The fraction of sp³-hybridized carbons (Fsp3) is 0.571. The Hall–Kier alpha value is -0.860. The van der Waals surface area contributed by atoms with Crippen LogP contribution in [0.3, 0.4) is 0 Å². The third kappa shape index (κ3) is 5.29. The molecule has 0 aliphatic heterocycles. The van der Waals surface area contributed by atoms with Crippen LogP contribution < -0.4 is 5.32 Å². The summed E-state index contributed by atoms with van der Waals surface area (Å²) in [6, 6.07) is 9.30. The van der Waals surface area contributed by atoms with Crippen LogP contribution in [0.15, 0.2) is 24.3 Å². The summed E-state index contributed by atoms with van der Waals surface area (Å²) in [5, 5.41) is 3.55. The van der Waals surface area contributed by atoms with Gasteiger partial charge in [-0.3, -0.25) is 0 Å². The summed E-state index contributed by atoms with van der Waals surface area (Å²) in [7, 11) is 4.24. The molecule has 1 aromatic rings. The second kappa shape index (κ2) is 6.66. The molecular weight excluding hydrogens is 196 g/mol. The maximum Gasteiger partial charge on any atom is 0.0207 e. The van der Waals surface area contributed by atoms with E-state index in [9.17, 15) is 0 Å². The van der Waals surface area contributed by atoms with Gasteiger partial charge in [-0.05, 0) is 46.5 Å². The first-order chi connectivity index (χ1) is 7.58. The normalized spacial score (nSPS) is 13.1. The van der Waals surface area contributed by atoms with Gasteiger partial charge in [0.05, 0.1) is 0 Å². The second-order valence-electron chi connectivity index (χ2n) is 4.86. The predicted octanol–water partition coefficient (Wildman–Crippen LogP) is 2.42. The largest absolute Gasteiger partial charge is 0.310 e. The first-order valence-electron chi connectivity index (χ1n) is 6.01. The second-order valence-corrected chi connectivity index (χ2v) is 4.86. The average molecular weight is 220 g/mol. The molecule has 90 valence electrons. The highest BCUT2D eigenvalue weighted by Gasteiger charge is 2.01.